The maximum absolute atomic E-state index is 13.0. The van der Waals surface area contributed by atoms with E-state index in [9.17, 15) is 18.8 Å². The highest BCUT2D eigenvalue weighted by Crippen LogP contribution is 2.12. The van der Waals surface area contributed by atoms with Crippen LogP contribution in [0.2, 0.25) is 0 Å². The van der Waals surface area contributed by atoms with Crippen LogP contribution in [-0.2, 0) is 25.7 Å². The van der Waals surface area contributed by atoms with Crippen molar-refractivity contribution in [2.75, 3.05) is 13.1 Å². The molecule has 1 heterocycles. The van der Waals surface area contributed by atoms with Crippen molar-refractivity contribution in [3.8, 4) is 0 Å². The number of rotatable bonds is 6. The van der Waals surface area contributed by atoms with Crippen LogP contribution in [0, 0.1) is 5.82 Å². The minimum absolute atomic E-state index is 0.0365. The van der Waals surface area contributed by atoms with E-state index in [1.807, 2.05) is 30.3 Å². The Labute approximate surface area is 190 Å². The Kier molecular flexibility index (Phi) is 8.04. The fraction of sp³-hybridized carbons (Fsp3) is 0.217. The van der Waals surface area contributed by atoms with E-state index in [2.05, 4.69) is 10.6 Å². The van der Waals surface area contributed by atoms with E-state index >= 15 is 0 Å². The van der Waals surface area contributed by atoms with Crippen LogP contribution in [0.4, 0.5) is 4.39 Å². The van der Waals surface area contributed by atoms with Gasteiger partial charge in [0, 0.05) is 19.2 Å². The zero-order valence-corrected chi connectivity index (χ0v) is 17.9. The van der Waals surface area contributed by atoms with Gasteiger partial charge in [-0.2, -0.15) is 0 Å². The van der Waals surface area contributed by atoms with E-state index in [1.54, 1.807) is 0 Å². The standard InChI is InChI=1S/C23H22FN3O4S/c24-18-9-6-16(7-10-18)8-11-20(28)26-23(32)27-13-12-25-22(30)19(27)14-21(29)31-15-17-4-2-1-3-5-17/h1-11,19H,12-15H2,(H,25,30)(H,26,28,32). The molecule has 0 spiro atoms. The van der Waals surface area contributed by atoms with Crippen LogP contribution in [0.1, 0.15) is 17.5 Å². The number of hydrogen-bond acceptors (Lipinski definition) is 5. The number of hydrogen-bond donors (Lipinski definition) is 2. The maximum atomic E-state index is 13.0. The molecule has 1 fully saturated rings. The number of carbonyl (C=O) groups is 3. The smallest absolute Gasteiger partial charge is 0.308 e. The Balaban J connectivity index is 1.56. The fourth-order valence-corrected chi connectivity index (χ4v) is 3.40. The van der Waals surface area contributed by atoms with E-state index in [1.165, 1.54) is 41.3 Å². The molecule has 9 heteroatoms. The second-order valence-corrected chi connectivity index (χ2v) is 7.42. The first-order valence-electron chi connectivity index (χ1n) is 9.95. The minimum Gasteiger partial charge on any atom is -0.461 e. The summed E-state index contributed by atoms with van der Waals surface area (Å²) in [4.78, 5) is 38.4. The molecule has 2 N–H and O–H groups in total. The third-order valence-corrected chi connectivity index (χ3v) is 5.06. The topological polar surface area (TPSA) is 87.7 Å². The number of halogens is 1. The molecule has 166 valence electrons. The fourth-order valence-electron chi connectivity index (χ4n) is 3.08. The lowest BCUT2D eigenvalue weighted by Crippen LogP contribution is -2.60. The van der Waals surface area contributed by atoms with Crippen LogP contribution in [0.3, 0.4) is 0 Å². The monoisotopic (exact) mass is 455 g/mol. The summed E-state index contributed by atoms with van der Waals surface area (Å²) in [6, 6.07) is 13.9. The first-order chi connectivity index (χ1) is 15.4. The van der Waals surface area contributed by atoms with Gasteiger partial charge in [-0.25, -0.2) is 4.39 Å². The number of esters is 1. The number of nitrogens with one attached hydrogen (secondary N) is 2. The minimum atomic E-state index is -0.888. The van der Waals surface area contributed by atoms with Gasteiger partial charge in [-0.15, -0.1) is 0 Å². The quantitative estimate of drug-likeness (QED) is 0.394. The molecule has 32 heavy (non-hydrogen) atoms. The Hall–Kier alpha value is -3.59. The van der Waals surface area contributed by atoms with Gasteiger partial charge in [-0.05, 0) is 41.6 Å². The third kappa shape index (κ3) is 6.71. The molecule has 0 aliphatic carbocycles. The summed E-state index contributed by atoms with van der Waals surface area (Å²) < 4.78 is 18.2. The molecule has 1 atom stereocenters. The Morgan fingerprint density at radius 1 is 1.19 bits per heavy atom. The van der Waals surface area contributed by atoms with Gasteiger partial charge in [-0.1, -0.05) is 42.5 Å². The van der Waals surface area contributed by atoms with Crippen molar-refractivity contribution in [1.82, 2.24) is 15.5 Å². The van der Waals surface area contributed by atoms with Crippen molar-refractivity contribution in [1.29, 1.82) is 0 Å². The molecule has 0 saturated carbocycles. The van der Waals surface area contributed by atoms with Crippen molar-refractivity contribution in [3.05, 3.63) is 77.6 Å². The zero-order chi connectivity index (χ0) is 22.9. The Morgan fingerprint density at radius 2 is 1.91 bits per heavy atom. The molecule has 1 aliphatic heterocycles. The van der Waals surface area contributed by atoms with Gasteiger partial charge >= 0.3 is 5.97 Å². The Morgan fingerprint density at radius 3 is 2.62 bits per heavy atom. The van der Waals surface area contributed by atoms with Crippen molar-refractivity contribution in [2.45, 2.75) is 19.1 Å². The molecule has 1 unspecified atom stereocenters. The van der Waals surface area contributed by atoms with Crippen LogP contribution >= 0.6 is 12.2 Å². The maximum Gasteiger partial charge on any atom is 0.308 e. The summed E-state index contributed by atoms with van der Waals surface area (Å²) in [5.41, 5.74) is 1.48. The molecule has 2 aromatic carbocycles. The summed E-state index contributed by atoms with van der Waals surface area (Å²) in [6.45, 7) is 0.766. The van der Waals surface area contributed by atoms with Crippen LogP contribution in [-0.4, -0.2) is 46.9 Å². The van der Waals surface area contributed by atoms with Gasteiger partial charge in [0.05, 0.1) is 6.42 Å². The van der Waals surface area contributed by atoms with E-state index in [-0.39, 0.29) is 29.9 Å². The lowest BCUT2D eigenvalue weighted by atomic mass is 10.1. The molecule has 2 amide bonds. The van der Waals surface area contributed by atoms with Gasteiger partial charge in [0.15, 0.2) is 5.11 Å². The summed E-state index contributed by atoms with van der Waals surface area (Å²) in [7, 11) is 0. The van der Waals surface area contributed by atoms with Crippen LogP contribution < -0.4 is 10.6 Å². The number of benzene rings is 2. The SMILES string of the molecule is O=C(C=Cc1ccc(F)cc1)NC(=S)N1CCNC(=O)C1CC(=O)OCc1ccccc1. The average Bonchev–Trinajstić information content (AvgIpc) is 2.79. The second kappa shape index (κ2) is 11.1. The molecular weight excluding hydrogens is 433 g/mol. The van der Waals surface area contributed by atoms with Gasteiger partial charge in [0.1, 0.15) is 18.5 Å². The number of carbonyl (C=O) groups excluding carboxylic acids is 3. The van der Waals surface area contributed by atoms with E-state index in [4.69, 9.17) is 17.0 Å². The predicted molar refractivity (Wildman–Crippen MR) is 121 cm³/mol. The number of piperazine rings is 1. The van der Waals surface area contributed by atoms with Crippen molar-refractivity contribution in [3.63, 3.8) is 0 Å². The molecule has 1 saturated heterocycles. The van der Waals surface area contributed by atoms with Crippen LogP contribution in [0.15, 0.2) is 60.7 Å². The lowest BCUT2D eigenvalue weighted by Gasteiger charge is -2.36. The second-order valence-electron chi connectivity index (χ2n) is 7.03. The normalized spacial score (nSPS) is 15.8. The van der Waals surface area contributed by atoms with Crippen molar-refractivity contribution >= 4 is 41.2 Å². The molecule has 0 aromatic heterocycles. The highest BCUT2D eigenvalue weighted by atomic mass is 32.1. The van der Waals surface area contributed by atoms with Gasteiger partial charge in [0.2, 0.25) is 11.8 Å². The van der Waals surface area contributed by atoms with Gasteiger partial charge in [0.25, 0.3) is 0 Å². The molecule has 0 radical (unpaired) electrons. The zero-order valence-electron chi connectivity index (χ0n) is 17.1. The number of thiocarbonyl (C=S) groups is 1. The molecule has 3 rings (SSSR count). The number of nitrogens with zero attached hydrogens (tertiary/aromatic N) is 1. The lowest BCUT2D eigenvalue weighted by molar-refractivity contribution is -0.148. The number of amides is 2. The molecular formula is C23H22FN3O4S. The van der Waals surface area contributed by atoms with Crippen LogP contribution in [0.25, 0.3) is 6.08 Å². The van der Waals surface area contributed by atoms with E-state index in [0.717, 1.165) is 5.56 Å². The molecule has 2 aromatic rings. The predicted octanol–water partition coefficient (Wildman–Crippen LogP) is 2.17. The first kappa shape index (κ1) is 23.1. The number of ether oxygens (including phenoxy) is 1. The summed E-state index contributed by atoms with van der Waals surface area (Å²) in [5, 5.41) is 5.27. The highest BCUT2D eigenvalue weighted by Gasteiger charge is 2.34. The third-order valence-electron chi connectivity index (χ3n) is 4.72. The van der Waals surface area contributed by atoms with Crippen molar-refractivity contribution in [2.24, 2.45) is 0 Å². The van der Waals surface area contributed by atoms with E-state index < -0.39 is 17.9 Å². The highest BCUT2D eigenvalue weighted by molar-refractivity contribution is 7.80. The van der Waals surface area contributed by atoms with Crippen LogP contribution in [0.5, 0.6) is 0 Å². The largest absolute Gasteiger partial charge is 0.461 e. The summed E-state index contributed by atoms with van der Waals surface area (Å²) in [6.07, 6.45) is 2.56. The summed E-state index contributed by atoms with van der Waals surface area (Å²) >= 11 is 5.30. The first-order valence-corrected chi connectivity index (χ1v) is 10.4. The van der Waals surface area contributed by atoms with E-state index in [0.29, 0.717) is 18.7 Å². The molecule has 0 bridgehead atoms. The molecule has 7 nitrogen and oxygen atoms in total. The average molecular weight is 456 g/mol. The van der Waals surface area contributed by atoms with Gasteiger partial charge in [-0.3, -0.25) is 19.7 Å². The van der Waals surface area contributed by atoms with Gasteiger partial charge < -0.3 is 15.0 Å². The summed E-state index contributed by atoms with van der Waals surface area (Å²) in [5.74, 6) is -1.79. The molecule has 1 aliphatic rings. The van der Waals surface area contributed by atoms with Crippen molar-refractivity contribution < 1.29 is 23.5 Å². The Bertz CT molecular complexity index is 1010.